The summed E-state index contributed by atoms with van der Waals surface area (Å²) in [5.41, 5.74) is 0.359. The minimum absolute atomic E-state index is 0.0430. The van der Waals surface area contributed by atoms with Crippen LogP contribution < -0.4 is 10.2 Å². The number of ether oxygens (including phenoxy) is 1. The molecule has 5 nitrogen and oxygen atoms in total. The lowest BCUT2D eigenvalue weighted by Crippen LogP contribution is -2.28. The minimum Gasteiger partial charge on any atom is -0.460 e. The highest BCUT2D eigenvalue weighted by Gasteiger charge is 2.31. The second-order valence-electron chi connectivity index (χ2n) is 6.19. The van der Waals surface area contributed by atoms with E-state index >= 15 is 0 Å². The number of nitrogens with one attached hydrogen (secondary N) is 1. The molecule has 0 spiro atoms. The zero-order valence-corrected chi connectivity index (χ0v) is 16.3. The Labute approximate surface area is 167 Å². The van der Waals surface area contributed by atoms with Gasteiger partial charge in [-0.25, -0.2) is 4.79 Å². The third-order valence-electron chi connectivity index (χ3n) is 4.30. The molecule has 2 aromatic carbocycles. The Hall–Kier alpha value is -3.03. The van der Waals surface area contributed by atoms with Gasteiger partial charge < -0.3 is 15.0 Å². The number of carbonyl (C=O) groups is 2. The van der Waals surface area contributed by atoms with E-state index in [4.69, 9.17) is 4.74 Å². The van der Waals surface area contributed by atoms with Crippen molar-refractivity contribution in [2.75, 3.05) is 31.1 Å². The highest BCUT2D eigenvalue weighted by molar-refractivity contribution is 5.94. The number of rotatable bonds is 8. The normalized spacial score (nSPS) is 11.1. The average Bonchev–Trinajstić information content (AvgIpc) is 2.71. The fourth-order valence-electron chi connectivity index (χ4n) is 2.73. The maximum atomic E-state index is 12.7. The number of carbonyl (C=O) groups excluding carboxylic acids is 2. The SMILES string of the molecule is CCN(CC)c1ccc(C(=O)NCCOC(=O)c2cccc(C(F)(F)F)c2)cc1. The van der Waals surface area contributed by atoms with Gasteiger partial charge in [-0.3, -0.25) is 4.79 Å². The van der Waals surface area contributed by atoms with Gasteiger partial charge in [-0.15, -0.1) is 0 Å². The molecule has 1 N–H and O–H groups in total. The summed E-state index contributed by atoms with van der Waals surface area (Å²) in [4.78, 5) is 26.2. The average molecular weight is 408 g/mol. The van der Waals surface area contributed by atoms with Crippen molar-refractivity contribution < 1.29 is 27.5 Å². The zero-order valence-electron chi connectivity index (χ0n) is 16.3. The summed E-state index contributed by atoms with van der Waals surface area (Å²) in [6.45, 7) is 5.70. The molecule has 0 radical (unpaired) electrons. The lowest BCUT2D eigenvalue weighted by atomic mass is 10.1. The van der Waals surface area contributed by atoms with Crippen molar-refractivity contribution in [3.63, 3.8) is 0 Å². The highest BCUT2D eigenvalue weighted by Crippen LogP contribution is 2.29. The molecule has 0 heterocycles. The van der Waals surface area contributed by atoms with E-state index in [2.05, 4.69) is 10.2 Å². The van der Waals surface area contributed by atoms with Crippen molar-refractivity contribution in [2.24, 2.45) is 0 Å². The molecular formula is C21H23F3N2O3. The number of alkyl halides is 3. The lowest BCUT2D eigenvalue weighted by molar-refractivity contribution is -0.137. The Balaban J connectivity index is 1.83. The predicted molar refractivity (Wildman–Crippen MR) is 104 cm³/mol. The number of anilines is 1. The quantitative estimate of drug-likeness (QED) is 0.527. The molecule has 0 aliphatic rings. The third kappa shape index (κ3) is 6.23. The number of esters is 1. The van der Waals surface area contributed by atoms with Crippen molar-refractivity contribution in [3.8, 4) is 0 Å². The van der Waals surface area contributed by atoms with Gasteiger partial charge in [0.05, 0.1) is 17.7 Å². The molecule has 0 atom stereocenters. The van der Waals surface area contributed by atoms with Crippen LogP contribution in [0.3, 0.4) is 0 Å². The molecule has 29 heavy (non-hydrogen) atoms. The van der Waals surface area contributed by atoms with Crippen LogP contribution in [0.4, 0.5) is 18.9 Å². The van der Waals surface area contributed by atoms with Gasteiger partial charge in [0.2, 0.25) is 0 Å². The largest absolute Gasteiger partial charge is 0.460 e. The fourth-order valence-corrected chi connectivity index (χ4v) is 2.73. The summed E-state index contributed by atoms with van der Waals surface area (Å²) < 4.78 is 43.0. The molecule has 2 rings (SSSR count). The molecule has 0 unspecified atom stereocenters. The van der Waals surface area contributed by atoms with Crippen molar-refractivity contribution in [1.82, 2.24) is 5.32 Å². The van der Waals surface area contributed by atoms with E-state index in [1.165, 1.54) is 6.07 Å². The van der Waals surface area contributed by atoms with Crippen LogP contribution in [0, 0.1) is 0 Å². The first-order chi connectivity index (χ1) is 13.8. The van der Waals surface area contributed by atoms with E-state index in [1.54, 1.807) is 12.1 Å². The molecule has 0 aromatic heterocycles. The summed E-state index contributed by atoms with van der Waals surface area (Å²) in [6, 6.07) is 11.1. The van der Waals surface area contributed by atoms with Crippen LogP contribution in [0.2, 0.25) is 0 Å². The third-order valence-corrected chi connectivity index (χ3v) is 4.30. The second kappa shape index (κ2) is 9.95. The molecule has 0 saturated carbocycles. The van der Waals surface area contributed by atoms with Crippen LogP contribution >= 0.6 is 0 Å². The van der Waals surface area contributed by atoms with Gasteiger partial charge in [0.15, 0.2) is 0 Å². The molecule has 2 aromatic rings. The summed E-state index contributed by atoms with van der Waals surface area (Å²) >= 11 is 0. The molecule has 0 aliphatic heterocycles. The Kier molecular flexibility index (Phi) is 7.64. The molecule has 1 amide bonds. The lowest BCUT2D eigenvalue weighted by Gasteiger charge is -2.21. The number of nitrogens with zero attached hydrogens (tertiary/aromatic N) is 1. The van der Waals surface area contributed by atoms with E-state index in [9.17, 15) is 22.8 Å². The summed E-state index contributed by atoms with van der Waals surface area (Å²) in [5, 5.41) is 2.61. The Bertz CT molecular complexity index is 832. The van der Waals surface area contributed by atoms with Gasteiger partial charge in [-0.2, -0.15) is 13.2 Å². The van der Waals surface area contributed by atoms with Crippen LogP contribution in [0.1, 0.15) is 40.1 Å². The van der Waals surface area contributed by atoms with Crippen molar-refractivity contribution in [3.05, 3.63) is 65.2 Å². The molecule has 0 fully saturated rings. The zero-order chi connectivity index (χ0) is 21.4. The van der Waals surface area contributed by atoms with Gasteiger partial charge in [0.1, 0.15) is 6.61 Å². The van der Waals surface area contributed by atoms with E-state index in [0.717, 1.165) is 37.0 Å². The maximum absolute atomic E-state index is 12.7. The number of amides is 1. The standard InChI is InChI=1S/C21H23F3N2O3/c1-3-26(4-2)18-10-8-15(9-11-18)19(27)25-12-13-29-20(28)16-6-5-7-17(14-16)21(22,23)24/h5-11,14H,3-4,12-13H2,1-2H3,(H,25,27). The monoisotopic (exact) mass is 408 g/mol. The number of benzene rings is 2. The van der Waals surface area contributed by atoms with Crippen molar-refractivity contribution >= 4 is 17.6 Å². The fraction of sp³-hybridized carbons (Fsp3) is 0.333. The molecule has 8 heteroatoms. The number of hydrogen-bond donors (Lipinski definition) is 1. The summed E-state index contributed by atoms with van der Waals surface area (Å²) in [7, 11) is 0. The molecule has 0 aliphatic carbocycles. The van der Waals surface area contributed by atoms with Gasteiger partial charge in [-0.1, -0.05) is 6.07 Å². The Morgan fingerprint density at radius 3 is 2.24 bits per heavy atom. The van der Waals surface area contributed by atoms with Crippen molar-refractivity contribution in [1.29, 1.82) is 0 Å². The second-order valence-corrected chi connectivity index (χ2v) is 6.19. The van der Waals surface area contributed by atoms with Gasteiger partial charge in [0.25, 0.3) is 5.91 Å². The smallest absolute Gasteiger partial charge is 0.416 e. The minimum atomic E-state index is -4.54. The van der Waals surface area contributed by atoms with E-state index in [1.807, 2.05) is 26.0 Å². The Morgan fingerprint density at radius 1 is 1.00 bits per heavy atom. The number of halogens is 3. The van der Waals surface area contributed by atoms with Crippen LogP contribution in [-0.2, 0) is 10.9 Å². The van der Waals surface area contributed by atoms with Crippen LogP contribution in [0.25, 0.3) is 0 Å². The first-order valence-corrected chi connectivity index (χ1v) is 9.23. The summed E-state index contributed by atoms with van der Waals surface area (Å²) in [5.74, 6) is -1.21. The maximum Gasteiger partial charge on any atom is 0.416 e. The molecule has 156 valence electrons. The van der Waals surface area contributed by atoms with Gasteiger partial charge in [0, 0.05) is 24.3 Å². The van der Waals surface area contributed by atoms with E-state index in [0.29, 0.717) is 5.56 Å². The van der Waals surface area contributed by atoms with Crippen molar-refractivity contribution in [2.45, 2.75) is 20.0 Å². The van der Waals surface area contributed by atoms with E-state index in [-0.39, 0.29) is 24.6 Å². The first-order valence-electron chi connectivity index (χ1n) is 9.23. The Morgan fingerprint density at radius 2 is 1.66 bits per heavy atom. The van der Waals surface area contributed by atoms with Gasteiger partial charge in [-0.05, 0) is 56.3 Å². The first kappa shape index (κ1) is 22.3. The topological polar surface area (TPSA) is 58.6 Å². The van der Waals surface area contributed by atoms with Crippen LogP contribution in [0.5, 0.6) is 0 Å². The molecule has 0 saturated heterocycles. The summed E-state index contributed by atoms with van der Waals surface area (Å²) in [6.07, 6.45) is -4.54. The molecular weight excluding hydrogens is 385 g/mol. The predicted octanol–water partition coefficient (Wildman–Crippen LogP) is 4.14. The molecule has 0 bridgehead atoms. The van der Waals surface area contributed by atoms with E-state index < -0.39 is 17.7 Å². The van der Waals surface area contributed by atoms with Crippen LogP contribution in [-0.4, -0.2) is 38.1 Å². The van der Waals surface area contributed by atoms with Crippen LogP contribution in [0.15, 0.2) is 48.5 Å². The van der Waals surface area contributed by atoms with Gasteiger partial charge >= 0.3 is 12.1 Å². The highest BCUT2D eigenvalue weighted by atomic mass is 19.4. The number of hydrogen-bond acceptors (Lipinski definition) is 4.